The molecule has 0 radical (unpaired) electrons. The summed E-state index contributed by atoms with van der Waals surface area (Å²) >= 11 is 1.07. The number of nitrogens with zero attached hydrogens (tertiary/aromatic N) is 3. The number of amides is 6. The summed E-state index contributed by atoms with van der Waals surface area (Å²) in [4.78, 5) is 138. The number of aliphatic imine (C=N–C) groups is 2. The van der Waals surface area contributed by atoms with Crippen LogP contribution in [0.1, 0.15) is 105 Å². The molecule has 7 atom stereocenters. The standard InChI is InChI=1S/C48H72N16O10S/c1-24(2)19-32(43(70)60-30(14-9-17-55-47(50)51)40(67)59-31(15-10-18-56-48(52)53)41(68)63-33(46(73)74)20-26-21-54-23-57-26)62-45(72)35(25(3)4)64-42(69)29(13-7-8-16-49)61-44(71)34-22-75-39-36(58-34)37(65)27-11-5-6-12-28(27)38(39)66/h5-6,11-12,21,23-25,29-35,58H,7-10,13-20,22,49H2,1-4H3,(H,54,57)(H,59,67)(H,60,70)(H,61,71)(H,62,72)(H,63,68)(H,64,69)(H,73,74)(H4,50,51,55)(H4,52,53,56)/t29-,30-,31-,32-,33-,34?,35-/m0/s1. The first-order valence-electron chi connectivity index (χ1n) is 24.8. The lowest BCUT2D eigenvalue weighted by molar-refractivity contribution is -0.142. The summed E-state index contributed by atoms with van der Waals surface area (Å²) in [5.74, 6) is -7.73. The Kier molecular flexibility index (Phi) is 23.5. The van der Waals surface area contributed by atoms with Crippen LogP contribution in [0.3, 0.4) is 0 Å². The van der Waals surface area contributed by atoms with Crippen LogP contribution in [0.5, 0.6) is 0 Å². The van der Waals surface area contributed by atoms with Gasteiger partial charge in [0.2, 0.25) is 47.0 Å². The van der Waals surface area contributed by atoms with Gasteiger partial charge in [-0.1, -0.05) is 52.0 Å². The van der Waals surface area contributed by atoms with Crippen molar-refractivity contribution in [1.29, 1.82) is 0 Å². The summed E-state index contributed by atoms with van der Waals surface area (Å²) in [6.45, 7) is 7.40. The van der Waals surface area contributed by atoms with Crippen molar-refractivity contribution < 1.29 is 48.3 Å². The molecule has 0 bridgehead atoms. The van der Waals surface area contributed by atoms with Crippen LogP contribution in [0.15, 0.2) is 57.4 Å². The molecule has 1 aliphatic heterocycles. The van der Waals surface area contributed by atoms with Crippen LogP contribution in [0.2, 0.25) is 0 Å². The summed E-state index contributed by atoms with van der Waals surface area (Å²) in [6.07, 6.45) is 3.96. The number of H-pyrrole nitrogens is 1. The normalized spacial score (nSPS) is 16.3. The average Bonchev–Trinajstić information content (AvgIpc) is 3.88. The number of carboxylic acid groups (broad SMARTS) is 1. The Morgan fingerprint density at radius 3 is 1.75 bits per heavy atom. The van der Waals surface area contributed by atoms with Gasteiger partial charge in [-0.25, -0.2) is 9.78 Å². The summed E-state index contributed by atoms with van der Waals surface area (Å²) in [5.41, 5.74) is 28.7. The van der Waals surface area contributed by atoms with E-state index in [0.29, 0.717) is 25.1 Å². The number of aliphatic carboxylic acids is 1. The zero-order chi connectivity index (χ0) is 55.4. The maximum atomic E-state index is 14.3. The number of hydrogen-bond acceptors (Lipinski definition) is 15. The van der Waals surface area contributed by atoms with E-state index in [1.54, 1.807) is 32.0 Å². The van der Waals surface area contributed by atoms with Gasteiger partial charge in [-0.15, -0.1) is 11.8 Å². The summed E-state index contributed by atoms with van der Waals surface area (Å²) in [7, 11) is 0. The molecule has 0 saturated heterocycles. The fourth-order valence-electron chi connectivity index (χ4n) is 8.11. The van der Waals surface area contributed by atoms with Gasteiger partial charge in [0, 0.05) is 48.3 Å². The number of aromatic amines is 1. The molecule has 2 heterocycles. The second-order valence-electron chi connectivity index (χ2n) is 18.9. The number of nitrogens with one attached hydrogen (secondary N) is 8. The van der Waals surface area contributed by atoms with Crippen LogP contribution < -0.4 is 65.9 Å². The lowest BCUT2D eigenvalue weighted by atomic mass is 9.92. The Morgan fingerprint density at radius 2 is 1.23 bits per heavy atom. The van der Waals surface area contributed by atoms with Gasteiger partial charge in [-0.05, 0) is 69.7 Å². The van der Waals surface area contributed by atoms with Gasteiger partial charge in [0.05, 0.1) is 11.2 Å². The number of hydrogen-bond donors (Lipinski definition) is 14. The molecule has 75 heavy (non-hydrogen) atoms. The molecule has 19 N–H and O–H groups in total. The first-order valence-corrected chi connectivity index (χ1v) is 25.7. The quantitative estimate of drug-likeness (QED) is 0.0226. The maximum absolute atomic E-state index is 14.3. The predicted octanol–water partition coefficient (Wildman–Crippen LogP) is -2.12. The third kappa shape index (κ3) is 18.4. The Labute approximate surface area is 438 Å². The van der Waals surface area contributed by atoms with Crippen molar-refractivity contribution in [1.82, 2.24) is 47.2 Å². The van der Waals surface area contributed by atoms with Gasteiger partial charge >= 0.3 is 5.97 Å². The van der Waals surface area contributed by atoms with Crippen molar-refractivity contribution in [2.24, 2.45) is 50.5 Å². The number of carbonyl (C=O) groups excluding carboxylic acids is 8. The van der Waals surface area contributed by atoms with Crippen molar-refractivity contribution in [2.45, 2.75) is 128 Å². The topological polar surface area (TPSA) is 442 Å². The number of carbonyl (C=O) groups is 9. The van der Waals surface area contributed by atoms with Crippen LogP contribution in [-0.2, 0) is 40.0 Å². The van der Waals surface area contributed by atoms with E-state index in [0.717, 1.165) is 11.8 Å². The molecule has 410 valence electrons. The monoisotopic (exact) mass is 1060 g/mol. The van der Waals surface area contributed by atoms with E-state index in [1.165, 1.54) is 18.6 Å². The third-order valence-corrected chi connectivity index (χ3v) is 13.2. The van der Waals surface area contributed by atoms with Gasteiger partial charge in [-0.3, -0.25) is 48.3 Å². The number of nitrogens with two attached hydrogens (primary N) is 5. The van der Waals surface area contributed by atoms with E-state index in [4.69, 9.17) is 28.7 Å². The second kappa shape index (κ2) is 29.4. The fraction of sp³-hybridized carbons (Fsp3) is 0.542. The molecular formula is C48H72N16O10S. The SMILES string of the molecule is CC(C)C[C@H](NC(=O)[C@@H](NC(=O)[C@H](CCCCN)NC(=O)C1CSC2=C(N1)C(=O)c1ccccc1C2=O)C(C)C)C(=O)N[C@@H](CCCN=C(N)N)C(=O)N[C@@H](CCCN=C(N)N)C(=O)N[C@@H](Cc1cnc[nH]1)C(=O)O. The van der Waals surface area contributed by atoms with E-state index in [9.17, 15) is 48.3 Å². The minimum absolute atomic E-state index is 0.00458. The number of rotatable bonds is 30. The second-order valence-corrected chi connectivity index (χ2v) is 19.9. The van der Waals surface area contributed by atoms with Crippen LogP contribution in [0.25, 0.3) is 0 Å². The molecule has 6 amide bonds. The largest absolute Gasteiger partial charge is 0.480 e. The first-order chi connectivity index (χ1) is 35.6. The zero-order valence-corrected chi connectivity index (χ0v) is 43.4. The lowest BCUT2D eigenvalue weighted by Crippen LogP contribution is -2.61. The van der Waals surface area contributed by atoms with E-state index in [-0.39, 0.29) is 109 Å². The molecule has 2 aliphatic rings. The zero-order valence-electron chi connectivity index (χ0n) is 42.6. The van der Waals surface area contributed by atoms with Crippen LogP contribution in [0, 0.1) is 11.8 Å². The summed E-state index contributed by atoms with van der Waals surface area (Å²) < 4.78 is 0. The number of thioether (sulfide) groups is 1. The molecule has 1 aromatic heterocycles. The highest BCUT2D eigenvalue weighted by atomic mass is 32.2. The molecule has 27 heteroatoms. The van der Waals surface area contributed by atoms with Crippen molar-refractivity contribution >= 4 is 76.7 Å². The first kappa shape index (κ1) is 60.0. The van der Waals surface area contributed by atoms with E-state index in [1.807, 2.05) is 13.8 Å². The number of Topliss-reactive ketones (excluding diaryl/α,β-unsaturated/α-hetero) is 2. The van der Waals surface area contributed by atoms with E-state index < -0.39 is 95.4 Å². The smallest absolute Gasteiger partial charge is 0.326 e. The van der Waals surface area contributed by atoms with E-state index >= 15 is 0 Å². The number of allylic oxidation sites excluding steroid dienone is 2. The third-order valence-electron chi connectivity index (χ3n) is 12.0. The molecule has 1 unspecified atom stereocenters. The molecule has 4 rings (SSSR count). The number of benzene rings is 1. The molecule has 0 spiro atoms. The Hall–Kier alpha value is -7.55. The van der Waals surface area contributed by atoms with Gasteiger partial charge in [0.15, 0.2) is 11.9 Å². The molecule has 0 fully saturated rings. The molecular weight excluding hydrogens is 993 g/mol. The molecule has 0 saturated carbocycles. The Balaban J connectivity index is 1.52. The van der Waals surface area contributed by atoms with Crippen molar-refractivity contribution in [3.63, 3.8) is 0 Å². The number of fused-ring (bicyclic) bond motifs is 1. The minimum atomic E-state index is -1.42. The Bertz CT molecular complexity index is 2460. The van der Waals surface area contributed by atoms with Crippen LogP contribution >= 0.6 is 11.8 Å². The van der Waals surface area contributed by atoms with Crippen molar-refractivity contribution in [3.05, 3.63) is 64.2 Å². The number of ketones is 2. The van der Waals surface area contributed by atoms with Crippen molar-refractivity contribution in [3.8, 4) is 0 Å². The molecule has 2 aromatic rings. The summed E-state index contributed by atoms with van der Waals surface area (Å²) in [5, 5.41) is 28.9. The maximum Gasteiger partial charge on any atom is 0.326 e. The highest BCUT2D eigenvalue weighted by molar-refractivity contribution is 8.04. The van der Waals surface area contributed by atoms with Gasteiger partial charge in [0.25, 0.3) is 0 Å². The average molecular weight is 1070 g/mol. The van der Waals surface area contributed by atoms with Crippen LogP contribution in [0.4, 0.5) is 0 Å². The van der Waals surface area contributed by atoms with Gasteiger partial charge in [-0.2, -0.15) is 0 Å². The number of imidazole rings is 1. The molecule has 1 aliphatic carbocycles. The van der Waals surface area contributed by atoms with Crippen LogP contribution in [-0.4, -0.2) is 148 Å². The van der Waals surface area contributed by atoms with E-state index in [2.05, 4.69) is 57.2 Å². The number of aromatic nitrogens is 2. The predicted molar refractivity (Wildman–Crippen MR) is 280 cm³/mol. The number of carboxylic acids is 1. The molecule has 26 nitrogen and oxygen atoms in total. The highest BCUT2D eigenvalue weighted by Crippen LogP contribution is 2.35. The number of guanidine groups is 2. The highest BCUT2D eigenvalue weighted by Gasteiger charge is 2.40. The fourth-order valence-corrected chi connectivity index (χ4v) is 9.22. The van der Waals surface area contributed by atoms with Gasteiger partial charge < -0.3 is 76.0 Å². The van der Waals surface area contributed by atoms with Gasteiger partial charge in [0.1, 0.15) is 48.0 Å². The Morgan fingerprint density at radius 1 is 0.707 bits per heavy atom. The lowest BCUT2D eigenvalue weighted by Gasteiger charge is -2.31. The van der Waals surface area contributed by atoms with Crippen molar-refractivity contribution in [2.75, 3.05) is 25.4 Å². The minimum Gasteiger partial charge on any atom is -0.480 e. The summed E-state index contributed by atoms with van der Waals surface area (Å²) in [6, 6.07) is -2.38. The number of unbranched alkanes of at least 4 members (excludes halogenated alkanes) is 1. The molecule has 1 aromatic carbocycles.